The molecule has 0 bridgehead atoms. The quantitative estimate of drug-likeness (QED) is 0.287. The Bertz CT molecular complexity index is 1460. The van der Waals surface area contributed by atoms with E-state index >= 15 is 0 Å². The SMILES string of the molecule is C=CC(=O)Nc1cc(N2CCN(CC)CC2)ccc1Nc1cc(N(C)C(=O)Nc2c(C)c(OC)cc(OC)c2C)ncn1. The van der Waals surface area contributed by atoms with Gasteiger partial charge in [0.15, 0.2) is 0 Å². The minimum absolute atomic E-state index is 0.324. The van der Waals surface area contributed by atoms with E-state index in [0.717, 1.165) is 49.5 Å². The molecule has 2 aromatic carbocycles. The predicted molar refractivity (Wildman–Crippen MR) is 171 cm³/mol. The van der Waals surface area contributed by atoms with Crippen LogP contribution in [0.4, 0.5) is 39.2 Å². The highest BCUT2D eigenvalue weighted by Gasteiger charge is 2.21. The molecule has 0 saturated carbocycles. The van der Waals surface area contributed by atoms with Crippen molar-refractivity contribution in [3.63, 3.8) is 0 Å². The highest BCUT2D eigenvalue weighted by molar-refractivity contribution is 6.03. The molecule has 3 amide bonds. The molecule has 1 aromatic heterocycles. The van der Waals surface area contributed by atoms with Crippen molar-refractivity contribution in [3.8, 4) is 11.5 Å². The standard InChI is InChI=1S/C31H40N8O4/c1-8-29(40)35-24-16-22(39-14-12-38(9-2)13-15-39)10-11-23(24)34-27-18-28(33-19-32-27)37(5)31(41)36-30-20(3)25(42-6)17-26(43-7)21(30)4/h8,10-11,16-19H,1,9,12-15H2,2-7H3,(H,35,40)(H,36,41)(H,32,33,34). The first-order valence-electron chi connectivity index (χ1n) is 14.1. The van der Waals surface area contributed by atoms with Crippen LogP contribution in [-0.4, -0.2) is 80.8 Å². The van der Waals surface area contributed by atoms with E-state index in [4.69, 9.17) is 9.47 Å². The molecule has 1 aliphatic rings. The molecule has 1 saturated heterocycles. The van der Waals surface area contributed by atoms with Gasteiger partial charge in [-0.15, -0.1) is 0 Å². The Morgan fingerprint density at radius 1 is 0.977 bits per heavy atom. The van der Waals surface area contributed by atoms with Crippen molar-refractivity contribution >= 4 is 46.3 Å². The summed E-state index contributed by atoms with van der Waals surface area (Å²) in [5, 5.41) is 9.12. The Labute approximate surface area is 252 Å². The van der Waals surface area contributed by atoms with Crippen LogP contribution in [0.3, 0.4) is 0 Å². The maximum absolute atomic E-state index is 13.3. The summed E-state index contributed by atoms with van der Waals surface area (Å²) >= 11 is 0. The number of nitrogens with zero attached hydrogens (tertiary/aromatic N) is 5. The van der Waals surface area contributed by atoms with Gasteiger partial charge in [-0.05, 0) is 44.7 Å². The van der Waals surface area contributed by atoms with Crippen LogP contribution in [0.15, 0.2) is 49.3 Å². The number of aromatic nitrogens is 2. The predicted octanol–water partition coefficient (Wildman–Crippen LogP) is 4.79. The van der Waals surface area contributed by atoms with Gasteiger partial charge in [-0.1, -0.05) is 13.5 Å². The summed E-state index contributed by atoms with van der Waals surface area (Å²) in [5.41, 5.74) is 4.39. The fourth-order valence-electron chi connectivity index (χ4n) is 4.95. The van der Waals surface area contributed by atoms with Crippen molar-refractivity contribution in [2.45, 2.75) is 20.8 Å². The third kappa shape index (κ3) is 7.15. The van der Waals surface area contributed by atoms with Gasteiger partial charge in [-0.3, -0.25) is 9.69 Å². The highest BCUT2D eigenvalue weighted by atomic mass is 16.5. The highest BCUT2D eigenvalue weighted by Crippen LogP contribution is 2.37. The monoisotopic (exact) mass is 588 g/mol. The van der Waals surface area contributed by atoms with Crippen molar-refractivity contribution in [1.82, 2.24) is 14.9 Å². The number of likely N-dealkylation sites (N-methyl/N-ethyl adjacent to an activating group) is 1. The first-order valence-corrected chi connectivity index (χ1v) is 14.1. The maximum Gasteiger partial charge on any atom is 0.327 e. The van der Waals surface area contributed by atoms with Crippen molar-refractivity contribution in [1.29, 1.82) is 0 Å². The van der Waals surface area contributed by atoms with Crippen LogP contribution in [0, 0.1) is 13.8 Å². The molecule has 12 heteroatoms. The number of benzene rings is 2. The zero-order valence-electron chi connectivity index (χ0n) is 25.7. The number of rotatable bonds is 10. The third-order valence-electron chi connectivity index (χ3n) is 7.62. The van der Waals surface area contributed by atoms with E-state index in [-0.39, 0.29) is 5.91 Å². The number of methoxy groups -OCH3 is 2. The molecule has 12 nitrogen and oxygen atoms in total. The van der Waals surface area contributed by atoms with Gasteiger partial charge in [0, 0.05) is 62.2 Å². The first-order chi connectivity index (χ1) is 20.7. The van der Waals surface area contributed by atoms with E-state index in [9.17, 15) is 9.59 Å². The Balaban J connectivity index is 1.55. The second-order valence-corrected chi connectivity index (χ2v) is 10.1. The van der Waals surface area contributed by atoms with E-state index in [1.165, 1.54) is 17.3 Å². The van der Waals surface area contributed by atoms with E-state index in [0.29, 0.717) is 40.2 Å². The molecular weight excluding hydrogens is 548 g/mol. The van der Waals surface area contributed by atoms with Gasteiger partial charge in [-0.2, -0.15) is 0 Å². The molecule has 4 rings (SSSR count). The number of hydrogen-bond acceptors (Lipinski definition) is 9. The minimum Gasteiger partial charge on any atom is -0.496 e. The average Bonchev–Trinajstić information content (AvgIpc) is 3.03. The van der Waals surface area contributed by atoms with Crippen LogP contribution < -0.4 is 35.2 Å². The molecule has 0 unspecified atom stereocenters. The lowest BCUT2D eigenvalue weighted by molar-refractivity contribution is -0.111. The Morgan fingerprint density at radius 3 is 2.26 bits per heavy atom. The summed E-state index contributed by atoms with van der Waals surface area (Å²) in [6.07, 6.45) is 2.60. The smallest absolute Gasteiger partial charge is 0.327 e. The second-order valence-electron chi connectivity index (χ2n) is 10.1. The van der Waals surface area contributed by atoms with Crippen LogP contribution in [-0.2, 0) is 4.79 Å². The molecule has 0 aliphatic carbocycles. The molecule has 228 valence electrons. The molecule has 0 atom stereocenters. The number of nitrogens with one attached hydrogen (secondary N) is 3. The number of ether oxygens (including phenoxy) is 2. The van der Waals surface area contributed by atoms with Gasteiger partial charge in [-0.25, -0.2) is 14.8 Å². The Morgan fingerprint density at radius 2 is 1.65 bits per heavy atom. The van der Waals surface area contributed by atoms with Crippen LogP contribution in [0.1, 0.15) is 18.1 Å². The van der Waals surface area contributed by atoms with E-state index in [1.54, 1.807) is 33.4 Å². The number of carbonyl (C=O) groups excluding carboxylic acids is 2. The molecule has 3 N–H and O–H groups in total. The summed E-state index contributed by atoms with van der Waals surface area (Å²) in [4.78, 5) is 40.3. The zero-order valence-corrected chi connectivity index (χ0v) is 25.7. The van der Waals surface area contributed by atoms with Gasteiger partial charge >= 0.3 is 6.03 Å². The number of hydrogen-bond donors (Lipinski definition) is 3. The van der Waals surface area contributed by atoms with Gasteiger partial charge in [0.05, 0.1) is 31.3 Å². The van der Waals surface area contributed by atoms with Crippen molar-refractivity contribution in [3.05, 3.63) is 60.4 Å². The van der Waals surface area contributed by atoms with Gasteiger partial charge in [0.2, 0.25) is 5.91 Å². The Kier molecular flexibility index (Phi) is 10.0. The summed E-state index contributed by atoms with van der Waals surface area (Å²) in [7, 11) is 4.76. The van der Waals surface area contributed by atoms with E-state index in [2.05, 4.69) is 49.2 Å². The van der Waals surface area contributed by atoms with Crippen molar-refractivity contribution in [2.24, 2.45) is 0 Å². The molecule has 43 heavy (non-hydrogen) atoms. The summed E-state index contributed by atoms with van der Waals surface area (Å²) in [5.74, 6) is 1.68. The van der Waals surface area contributed by atoms with Crippen molar-refractivity contribution < 1.29 is 19.1 Å². The lowest BCUT2D eigenvalue weighted by Crippen LogP contribution is -2.46. The Hall–Kier alpha value is -4.84. The van der Waals surface area contributed by atoms with Gasteiger partial charge in [0.25, 0.3) is 0 Å². The molecule has 0 spiro atoms. The van der Waals surface area contributed by atoms with E-state index in [1.807, 2.05) is 32.0 Å². The molecule has 1 fully saturated rings. The molecule has 0 radical (unpaired) electrons. The third-order valence-corrected chi connectivity index (χ3v) is 7.62. The lowest BCUT2D eigenvalue weighted by atomic mass is 10.1. The largest absolute Gasteiger partial charge is 0.496 e. The number of amides is 3. The molecular formula is C31H40N8O4. The zero-order chi connectivity index (χ0) is 31.1. The maximum atomic E-state index is 13.3. The molecule has 2 heterocycles. The van der Waals surface area contributed by atoms with E-state index < -0.39 is 6.03 Å². The number of urea groups is 1. The first kappa shape index (κ1) is 31.1. The second kappa shape index (κ2) is 13.9. The minimum atomic E-state index is -0.405. The number of anilines is 6. The average molecular weight is 589 g/mol. The number of piperazine rings is 1. The fraction of sp³-hybridized carbons (Fsp3) is 0.355. The normalized spacial score (nSPS) is 13.2. The molecule has 1 aliphatic heterocycles. The summed E-state index contributed by atoms with van der Waals surface area (Å²) < 4.78 is 10.9. The van der Waals surface area contributed by atoms with Crippen molar-refractivity contribution in [2.75, 3.05) is 79.7 Å². The van der Waals surface area contributed by atoms with Crippen LogP contribution in [0.5, 0.6) is 11.5 Å². The molecule has 3 aromatic rings. The summed E-state index contributed by atoms with van der Waals surface area (Å²) in [6, 6.07) is 8.90. The number of carbonyl (C=O) groups is 2. The lowest BCUT2D eigenvalue weighted by Gasteiger charge is -2.35. The van der Waals surface area contributed by atoms with Gasteiger partial charge in [0.1, 0.15) is 29.5 Å². The fourth-order valence-corrected chi connectivity index (χ4v) is 4.95. The van der Waals surface area contributed by atoms with Gasteiger partial charge < -0.3 is 35.2 Å². The van der Waals surface area contributed by atoms with Crippen LogP contribution in [0.25, 0.3) is 0 Å². The van der Waals surface area contributed by atoms with Crippen LogP contribution in [0.2, 0.25) is 0 Å². The van der Waals surface area contributed by atoms with Crippen LogP contribution >= 0.6 is 0 Å². The topological polar surface area (TPSA) is 124 Å². The summed E-state index contributed by atoms with van der Waals surface area (Å²) in [6.45, 7) is 14.3.